The van der Waals surface area contributed by atoms with Gasteiger partial charge in [-0.2, -0.15) is 0 Å². The summed E-state index contributed by atoms with van der Waals surface area (Å²) in [6, 6.07) is 7.04. The van der Waals surface area contributed by atoms with Gasteiger partial charge in [0.15, 0.2) is 0 Å². The van der Waals surface area contributed by atoms with Crippen molar-refractivity contribution in [2.45, 2.75) is 40.2 Å². The van der Waals surface area contributed by atoms with E-state index < -0.39 is 6.10 Å². The van der Waals surface area contributed by atoms with Gasteiger partial charge < -0.3 is 15.7 Å². The number of hydrogen-bond donors (Lipinski definition) is 3. The van der Waals surface area contributed by atoms with Crippen LogP contribution in [0.3, 0.4) is 0 Å². The van der Waals surface area contributed by atoms with Crippen molar-refractivity contribution in [3.63, 3.8) is 0 Å². The molecule has 0 saturated heterocycles. The third-order valence-corrected chi connectivity index (χ3v) is 2.82. The van der Waals surface area contributed by atoms with E-state index in [9.17, 15) is 14.7 Å². The minimum absolute atomic E-state index is 0.0803. The molecule has 5 heteroatoms. The number of aliphatic hydroxyl groups is 1. The average Bonchev–Trinajstić information content (AvgIpc) is 2.35. The quantitative estimate of drug-likeness (QED) is 0.778. The van der Waals surface area contributed by atoms with E-state index in [2.05, 4.69) is 10.6 Å². The second-order valence-electron chi connectivity index (χ2n) is 6.33. The number of aliphatic hydroxyl groups excluding tert-OH is 1. The van der Waals surface area contributed by atoms with Crippen LogP contribution in [-0.2, 0) is 9.59 Å². The molecule has 1 rings (SSSR count). The van der Waals surface area contributed by atoms with Crippen LogP contribution in [0.25, 0.3) is 0 Å². The Kier molecular flexibility index (Phi) is 5.90. The summed E-state index contributed by atoms with van der Waals surface area (Å²) in [5.74, 6) is -0.466. The normalized spacial score (nSPS) is 12.6. The van der Waals surface area contributed by atoms with Crippen molar-refractivity contribution in [2.75, 3.05) is 11.9 Å². The second kappa shape index (κ2) is 7.22. The lowest BCUT2D eigenvalue weighted by molar-refractivity contribution is -0.125. The molecule has 116 valence electrons. The third-order valence-electron chi connectivity index (χ3n) is 2.82. The highest BCUT2D eigenvalue weighted by atomic mass is 16.3. The summed E-state index contributed by atoms with van der Waals surface area (Å²) < 4.78 is 0. The van der Waals surface area contributed by atoms with Crippen LogP contribution in [0.5, 0.6) is 0 Å². The summed E-state index contributed by atoms with van der Waals surface area (Å²) in [7, 11) is 0. The number of carbonyl (C=O) groups is 2. The lowest BCUT2D eigenvalue weighted by atomic mass is 9.92. The number of hydrogen-bond acceptors (Lipinski definition) is 3. The summed E-state index contributed by atoms with van der Waals surface area (Å²) in [6.07, 6.45) is -0.304. The van der Waals surface area contributed by atoms with E-state index in [1.807, 2.05) is 20.8 Å². The molecule has 2 amide bonds. The Hall–Kier alpha value is -1.88. The van der Waals surface area contributed by atoms with Gasteiger partial charge in [-0.15, -0.1) is 0 Å². The molecule has 1 aromatic carbocycles. The molecule has 0 fully saturated rings. The van der Waals surface area contributed by atoms with E-state index in [1.54, 1.807) is 31.2 Å². The van der Waals surface area contributed by atoms with Gasteiger partial charge in [0.1, 0.15) is 0 Å². The highest BCUT2D eigenvalue weighted by Crippen LogP contribution is 2.22. The molecule has 0 aliphatic carbocycles. The van der Waals surface area contributed by atoms with Gasteiger partial charge in [0.05, 0.1) is 12.6 Å². The maximum atomic E-state index is 11.8. The summed E-state index contributed by atoms with van der Waals surface area (Å²) in [5.41, 5.74) is 1.09. The van der Waals surface area contributed by atoms with Gasteiger partial charge in [-0.3, -0.25) is 9.59 Å². The number of para-hydroxylation sites is 1. The predicted octanol–water partition coefficient (Wildman–Crippen LogP) is 2.23. The van der Waals surface area contributed by atoms with E-state index in [1.165, 1.54) is 0 Å². The van der Waals surface area contributed by atoms with Crippen LogP contribution in [0.2, 0.25) is 0 Å². The predicted molar refractivity (Wildman–Crippen MR) is 82.8 cm³/mol. The van der Waals surface area contributed by atoms with Crippen molar-refractivity contribution in [1.29, 1.82) is 0 Å². The SMILES string of the molecule is CC(O)c1ccccc1NC(=O)CNC(=O)CC(C)(C)C. The van der Waals surface area contributed by atoms with Gasteiger partial charge >= 0.3 is 0 Å². The summed E-state index contributed by atoms with van der Waals surface area (Å²) in [6.45, 7) is 7.45. The zero-order valence-corrected chi connectivity index (χ0v) is 13.1. The highest BCUT2D eigenvalue weighted by molar-refractivity contribution is 5.95. The van der Waals surface area contributed by atoms with Crippen molar-refractivity contribution < 1.29 is 14.7 Å². The number of anilines is 1. The molecule has 0 aromatic heterocycles. The van der Waals surface area contributed by atoms with Crippen LogP contribution in [0.1, 0.15) is 45.8 Å². The molecule has 21 heavy (non-hydrogen) atoms. The molecule has 0 saturated carbocycles. The smallest absolute Gasteiger partial charge is 0.243 e. The lowest BCUT2D eigenvalue weighted by Gasteiger charge is -2.17. The largest absolute Gasteiger partial charge is 0.389 e. The number of rotatable bonds is 5. The lowest BCUT2D eigenvalue weighted by Crippen LogP contribution is -2.34. The first kappa shape index (κ1) is 17.2. The molecule has 1 unspecified atom stereocenters. The fourth-order valence-electron chi connectivity index (χ4n) is 1.89. The minimum atomic E-state index is -0.669. The second-order valence-corrected chi connectivity index (χ2v) is 6.33. The Morgan fingerprint density at radius 2 is 1.81 bits per heavy atom. The van der Waals surface area contributed by atoms with Crippen molar-refractivity contribution in [3.05, 3.63) is 29.8 Å². The Labute approximate surface area is 125 Å². The van der Waals surface area contributed by atoms with E-state index in [0.717, 1.165) is 0 Å². The Morgan fingerprint density at radius 1 is 1.19 bits per heavy atom. The number of carbonyl (C=O) groups excluding carboxylic acids is 2. The molecule has 1 aromatic rings. The number of benzene rings is 1. The molecule has 1 atom stereocenters. The molecular formula is C16H24N2O3. The van der Waals surface area contributed by atoms with Crippen LogP contribution >= 0.6 is 0 Å². The van der Waals surface area contributed by atoms with Crippen molar-refractivity contribution >= 4 is 17.5 Å². The van der Waals surface area contributed by atoms with Gasteiger partial charge in [-0.05, 0) is 18.4 Å². The van der Waals surface area contributed by atoms with Crippen molar-refractivity contribution in [2.24, 2.45) is 5.41 Å². The summed E-state index contributed by atoms with van der Waals surface area (Å²) in [5, 5.41) is 14.9. The van der Waals surface area contributed by atoms with Crippen LogP contribution in [-0.4, -0.2) is 23.5 Å². The molecule has 0 aliphatic heterocycles. The van der Waals surface area contributed by atoms with Gasteiger partial charge in [0.2, 0.25) is 11.8 Å². The molecule has 3 N–H and O–H groups in total. The first-order valence-electron chi connectivity index (χ1n) is 7.02. The average molecular weight is 292 g/mol. The van der Waals surface area contributed by atoms with Gasteiger partial charge in [0, 0.05) is 17.7 Å². The van der Waals surface area contributed by atoms with Gasteiger partial charge in [-0.25, -0.2) is 0 Å². The fraction of sp³-hybridized carbons (Fsp3) is 0.500. The minimum Gasteiger partial charge on any atom is -0.389 e. The number of amides is 2. The monoisotopic (exact) mass is 292 g/mol. The molecule has 0 radical (unpaired) electrons. The summed E-state index contributed by atoms with van der Waals surface area (Å²) >= 11 is 0. The highest BCUT2D eigenvalue weighted by Gasteiger charge is 2.16. The number of nitrogens with one attached hydrogen (secondary N) is 2. The fourth-order valence-corrected chi connectivity index (χ4v) is 1.89. The third kappa shape index (κ3) is 6.40. The Morgan fingerprint density at radius 3 is 2.38 bits per heavy atom. The first-order chi connectivity index (χ1) is 9.69. The summed E-state index contributed by atoms with van der Waals surface area (Å²) in [4.78, 5) is 23.5. The molecule has 0 aliphatic rings. The Balaban J connectivity index is 2.53. The zero-order valence-electron chi connectivity index (χ0n) is 13.1. The van der Waals surface area contributed by atoms with Crippen molar-refractivity contribution in [1.82, 2.24) is 5.32 Å². The Bertz CT molecular complexity index is 504. The maximum absolute atomic E-state index is 11.8. The maximum Gasteiger partial charge on any atom is 0.243 e. The van der Waals surface area contributed by atoms with Gasteiger partial charge in [0.25, 0.3) is 0 Å². The molecule has 0 spiro atoms. The molecular weight excluding hydrogens is 268 g/mol. The molecule has 0 heterocycles. The van der Waals surface area contributed by atoms with Crippen LogP contribution in [0.15, 0.2) is 24.3 Å². The van der Waals surface area contributed by atoms with E-state index in [0.29, 0.717) is 17.7 Å². The van der Waals surface area contributed by atoms with Crippen LogP contribution in [0, 0.1) is 5.41 Å². The standard InChI is InChI=1S/C16H24N2O3/c1-11(19)12-7-5-6-8-13(12)18-15(21)10-17-14(20)9-16(2,3)4/h5-8,11,19H,9-10H2,1-4H3,(H,17,20)(H,18,21). The van der Waals surface area contributed by atoms with E-state index in [-0.39, 0.29) is 23.8 Å². The molecule has 5 nitrogen and oxygen atoms in total. The molecule has 0 bridgehead atoms. The van der Waals surface area contributed by atoms with Crippen LogP contribution < -0.4 is 10.6 Å². The van der Waals surface area contributed by atoms with Crippen molar-refractivity contribution in [3.8, 4) is 0 Å². The van der Waals surface area contributed by atoms with E-state index in [4.69, 9.17) is 0 Å². The first-order valence-corrected chi connectivity index (χ1v) is 7.02. The van der Waals surface area contributed by atoms with Gasteiger partial charge in [-0.1, -0.05) is 39.0 Å². The zero-order chi connectivity index (χ0) is 16.0. The topological polar surface area (TPSA) is 78.4 Å². The van der Waals surface area contributed by atoms with E-state index >= 15 is 0 Å². The van der Waals surface area contributed by atoms with Crippen LogP contribution in [0.4, 0.5) is 5.69 Å².